The highest BCUT2D eigenvalue weighted by atomic mass is 35.5. The topological polar surface area (TPSA) is 15.3 Å². The second kappa shape index (κ2) is 7.65. The molecule has 0 bridgehead atoms. The highest BCUT2D eigenvalue weighted by molar-refractivity contribution is 6.42. The van der Waals surface area contributed by atoms with Crippen molar-refractivity contribution in [2.24, 2.45) is 5.92 Å². The van der Waals surface area contributed by atoms with Crippen LogP contribution in [0, 0.1) is 5.92 Å². The largest absolute Gasteiger partial charge is 0.316 e. The first-order valence-corrected chi connectivity index (χ1v) is 8.27. The van der Waals surface area contributed by atoms with Crippen LogP contribution in [-0.4, -0.2) is 31.1 Å². The SMILES string of the molecule is CCN(CC1CCCNC1)C(C)c1ccc(Cl)c(Cl)c1. The zero-order chi connectivity index (χ0) is 14.5. The third kappa shape index (κ3) is 4.11. The average Bonchev–Trinajstić information content (AvgIpc) is 2.48. The predicted molar refractivity (Wildman–Crippen MR) is 87.7 cm³/mol. The molecule has 1 aliphatic heterocycles. The monoisotopic (exact) mass is 314 g/mol. The van der Waals surface area contributed by atoms with Gasteiger partial charge in [0, 0.05) is 12.6 Å². The molecule has 1 N–H and O–H groups in total. The molecule has 1 fully saturated rings. The lowest BCUT2D eigenvalue weighted by Gasteiger charge is -2.33. The number of nitrogens with zero attached hydrogens (tertiary/aromatic N) is 1. The first-order valence-electron chi connectivity index (χ1n) is 7.51. The van der Waals surface area contributed by atoms with Gasteiger partial charge in [0.15, 0.2) is 0 Å². The molecule has 1 heterocycles. The van der Waals surface area contributed by atoms with Crippen molar-refractivity contribution in [2.45, 2.75) is 32.7 Å². The molecule has 0 amide bonds. The number of piperidine rings is 1. The van der Waals surface area contributed by atoms with Crippen molar-refractivity contribution in [1.29, 1.82) is 0 Å². The number of rotatable bonds is 5. The number of nitrogens with one attached hydrogen (secondary N) is 1. The van der Waals surface area contributed by atoms with E-state index in [0.717, 1.165) is 25.6 Å². The van der Waals surface area contributed by atoms with Gasteiger partial charge in [-0.25, -0.2) is 0 Å². The van der Waals surface area contributed by atoms with E-state index in [-0.39, 0.29) is 0 Å². The summed E-state index contributed by atoms with van der Waals surface area (Å²) < 4.78 is 0. The van der Waals surface area contributed by atoms with Crippen LogP contribution in [0.5, 0.6) is 0 Å². The lowest BCUT2D eigenvalue weighted by molar-refractivity contribution is 0.171. The maximum atomic E-state index is 6.14. The number of hydrogen-bond acceptors (Lipinski definition) is 2. The van der Waals surface area contributed by atoms with Gasteiger partial charge in [0.1, 0.15) is 0 Å². The van der Waals surface area contributed by atoms with Crippen molar-refractivity contribution in [2.75, 3.05) is 26.2 Å². The minimum absolute atomic E-state index is 0.372. The van der Waals surface area contributed by atoms with E-state index in [0.29, 0.717) is 16.1 Å². The Bertz CT molecular complexity index is 430. The Hall–Kier alpha value is -0.280. The summed E-state index contributed by atoms with van der Waals surface area (Å²) in [5.41, 5.74) is 1.24. The minimum Gasteiger partial charge on any atom is -0.316 e. The standard InChI is InChI=1S/C16H24Cl2N2/c1-3-20(11-13-5-4-8-19-10-13)12(2)14-6-7-15(17)16(18)9-14/h6-7,9,12-13,19H,3-5,8,10-11H2,1-2H3. The molecular weight excluding hydrogens is 291 g/mol. The summed E-state index contributed by atoms with van der Waals surface area (Å²) in [6.07, 6.45) is 2.63. The summed E-state index contributed by atoms with van der Waals surface area (Å²) >= 11 is 12.1. The Morgan fingerprint density at radius 3 is 2.75 bits per heavy atom. The van der Waals surface area contributed by atoms with Crippen LogP contribution < -0.4 is 5.32 Å². The summed E-state index contributed by atoms with van der Waals surface area (Å²) in [6, 6.07) is 6.35. The van der Waals surface area contributed by atoms with Gasteiger partial charge in [0.25, 0.3) is 0 Å². The molecule has 2 nitrogen and oxygen atoms in total. The van der Waals surface area contributed by atoms with E-state index in [2.05, 4.69) is 30.1 Å². The van der Waals surface area contributed by atoms with Gasteiger partial charge in [-0.3, -0.25) is 4.90 Å². The molecule has 20 heavy (non-hydrogen) atoms. The van der Waals surface area contributed by atoms with Crippen molar-refractivity contribution in [1.82, 2.24) is 10.2 Å². The second-order valence-electron chi connectivity index (χ2n) is 5.65. The van der Waals surface area contributed by atoms with Gasteiger partial charge in [-0.1, -0.05) is 36.2 Å². The number of halogens is 2. The molecule has 4 heteroatoms. The van der Waals surface area contributed by atoms with Gasteiger partial charge in [-0.05, 0) is 63.0 Å². The van der Waals surface area contributed by atoms with E-state index in [1.165, 1.54) is 24.9 Å². The zero-order valence-corrected chi connectivity index (χ0v) is 13.8. The fourth-order valence-electron chi connectivity index (χ4n) is 2.96. The zero-order valence-electron chi connectivity index (χ0n) is 12.3. The lowest BCUT2D eigenvalue weighted by atomic mass is 9.97. The smallest absolute Gasteiger partial charge is 0.0595 e. The van der Waals surface area contributed by atoms with Crippen LogP contribution in [0.1, 0.15) is 38.3 Å². The maximum Gasteiger partial charge on any atom is 0.0595 e. The second-order valence-corrected chi connectivity index (χ2v) is 6.46. The third-order valence-corrected chi connectivity index (χ3v) is 5.01. The Balaban J connectivity index is 2.03. The highest BCUT2D eigenvalue weighted by Gasteiger charge is 2.21. The molecule has 0 aliphatic carbocycles. The summed E-state index contributed by atoms with van der Waals surface area (Å²) in [5.74, 6) is 0.758. The third-order valence-electron chi connectivity index (χ3n) is 4.27. The molecule has 1 saturated heterocycles. The molecule has 0 spiro atoms. The van der Waals surface area contributed by atoms with E-state index >= 15 is 0 Å². The van der Waals surface area contributed by atoms with Crippen LogP contribution in [0.3, 0.4) is 0 Å². The van der Waals surface area contributed by atoms with Crippen LogP contribution >= 0.6 is 23.2 Å². The normalized spacial score (nSPS) is 21.1. The van der Waals surface area contributed by atoms with Gasteiger partial charge in [-0.2, -0.15) is 0 Å². The molecule has 2 unspecified atom stereocenters. The first kappa shape index (κ1) is 16.1. The van der Waals surface area contributed by atoms with Crippen molar-refractivity contribution < 1.29 is 0 Å². The van der Waals surface area contributed by atoms with E-state index in [4.69, 9.17) is 23.2 Å². The van der Waals surface area contributed by atoms with Crippen LogP contribution in [-0.2, 0) is 0 Å². The Morgan fingerprint density at radius 1 is 1.35 bits per heavy atom. The average molecular weight is 315 g/mol. The van der Waals surface area contributed by atoms with Gasteiger partial charge >= 0.3 is 0 Å². The fraction of sp³-hybridized carbons (Fsp3) is 0.625. The Labute approximate surface area is 132 Å². The van der Waals surface area contributed by atoms with Crippen molar-refractivity contribution in [3.63, 3.8) is 0 Å². The van der Waals surface area contributed by atoms with E-state index in [1.54, 1.807) is 0 Å². The van der Waals surface area contributed by atoms with Crippen molar-refractivity contribution in [3.05, 3.63) is 33.8 Å². The van der Waals surface area contributed by atoms with E-state index in [1.807, 2.05) is 12.1 Å². The molecule has 0 aromatic heterocycles. The molecule has 1 aromatic rings. The molecule has 112 valence electrons. The van der Waals surface area contributed by atoms with E-state index in [9.17, 15) is 0 Å². The first-order chi connectivity index (χ1) is 9.61. The number of hydrogen-bond donors (Lipinski definition) is 1. The predicted octanol–water partition coefficient (Wildman–Crippen LogP) is 4.38. The van der Waals surface area contributed by atoms with Crippen LogP contribution in [0.25, 0.3) is 0 Å². The molecule has 1 aromatic carbocycles. The fourth-order valence-corrected chi connectivity index (χ4v) is 3.26. The molecule has 0 radical (unpaired) electrons. The summed E-state index contributed by atoms with van der Waals surface area (Å²) in [5, 5.41) is 4.77. The van der Waals surface area contributed by atoms with E-state index < -0.39 is 0 Å². The molecule has 2 rings (SSSR count). The van der Waals surface area contributed by atoms with Crippen molar-refractivity contribution in [3.8, 4) is 0 Å². The molecular formula is C16H24Cl2N2. The van der Waals surface area contributed by atoms with Gasteiger partial charge < -0.3 is 5.32 Å². The molecule has 2 atom stereocenters. The van der Waals surface area contributed by atoms with Gasteiger partial charge in [0.05, 0.1) is 10.0 Å². The van der Waals surface area contributed by atoms with Crippen LogP contribution in [0.2, 0.25) is 10.0 Å². The minimum atomic E-state index is 0.372. The Morgan fingerprint density at radius 2 is 2.15 bits per heavy atom. The van der Waals surface area contributed by atoms with Crippen molar-refractivity contribution >= 4 is 23.2 Å². The van der Waals surface area contributed by atoms with Crippen LogP contribution in [0.15, 0.2) is 18.2 Å². The number of benzene rings is 1. The van der Waals surface area contributed by atoms with Gasteiger partial charge in [-0.15, -0.1) is 0 Å². The summed E-state index contributed by atoms with van der Waals surface area (Å²) in [7, 11) is 0. The maximum absolute atomic E-state index is 6.14. The quantitative estimate of drug-likeness (QED) is 0.867. The lowest BCUT2D eigenvalue weighted by Crippen LogP contribution is -2.39. The Kier molecular flexibility index (Phi) is 6.16. The summed E-state index contributed by atoms with van der Waals surface area (Å²) in [6.45, 7) is 8.99. The van der Waals surface area contributed by atoms with Gasteiger partial charge in [0.2, 0.25) is 0 Å². The highest BCUT2D eigenvalue weighted by Crippen LogP contribution is 2.29. The van der Waals surface area contributed by atoms with Crippen LogP contribution in [0.4, 0.5) is 0 Å². The molecule has 0 saturated carbocycles. The molecule has 1 aliphatic rings. The summed E-state index contributed by atoms with van der Waals surface area (Å²) in [4.78, 5) is 2.53.